The molecule has 0 unspecified atom stereocenters. The predicted octanol–water partition coefficient (Wildman–Crippen LogP) is 8.27. The quantitative estimate of drug-likeness (QED) is 0.221. The van der Waals surface area contributed by atoms with Gasteiger partial charge in [-0.1, -0.05) is 56.8 Å². The van der Waals surface area contributed by atoms with E-state index in [1.165, 1.54) is 0 Å². The lowest BCUT2D eigenvalue weighted by molar-refractivity contribution is 0.259. The van der Waals surface area contributed by atoms with Gasteiger partial charge in [0.1, 0.15) is 0 Å². The molecule has 0 spiro atoms. The van der Waals surface area contributed by atoms with E-state index in [0.29, 0.717) is 6.54 Å². The van der Waals surface area contributed by atoms with Gasteiger partial charge in [-0.25, -0.2) is 0 Å². The number of aromatic nitrogens is 1. The van der Waals surface area contributed by atoms with E-state index in [4.69, 9.17) is 11.6 Å². The molecular formula is C30H30ClN3O. The number of aliphatic hydroxyl groups is 1. The van der Waals surface area contributed by atoms with E-state index >= 15 is 0 Å². The monoisotopic (exact) mass is 483 g/mol. The molecule has 0 aliphatic carbocycles. The maximum Gasteiger partial charge on any atom is 0.0924 e. The topological polar surface area (TPSA) is 57.2 Å². The Morgan fingerprint density at radius 1 is 0.914 bits per heavy atom. The van der Waals surface area contributed by atoms with Gasteiger partial charge >= 0.3 is 0 Å². The van der Waals surface area contributed by atoms with Crippen LogP contribution < -0.4 is 10.6 Å². The zero-order valence-corrected chi connectivity index (χ0v) is 21.1. The van der Waals surface area contributed by atoms with E-state index in [2.05, 4.69) is 71.2 Å². The molecule has 35 heavy (non-hydrogen) atoms. The lowest BCUT2D eigenvalue weighted by Crippen LogP contribution is -2.30. The lowest BCUT2D eigenvalue weighted by atomic mass is 9.91. The number of benzene rings is 3. The van der Waals surface area contributed by atoms with Crippen LogP contribution in [0.3, 0.4) is 0 Å². The minimum Gasteiger partial charge on any atom is -0.512 e. The van der Waals surface area contributed by atoms with Crippen molar-refractivity contribution < 1.29 is 5.11 Å². The van der Waals surface area contributed by atoms with Gasteiger partial charge in [-0.2, -0.15) is 0 Å². The highest BCUT2D eigenvalue weighted by atomic mass is 35.5. The molecule has 1 heterocycles. The first kappa shape index (κ1) is 24.4. The number of pyridine rings is 1. The molecule has 0 aliphatic rings. The Balaban J connectivity index is 1.51. The molecule has 1 aromatic heterocycles. The van der Waals surface area contributed by atoms with Crippen LogP contribution in [-0.4, -0.2) is 16.6 Å². The summed E-state index contributed by atoms with van der Waals surface area (Å²) in [4.78, 5) is 4.68. The van der Waals surface area contributed by atoms with E-state index in [1.807, 2.05) is 51.2 Å². The number of aliphatic hydroxyl groups excluding tert-OH is 1. The number of anilines is 2. The van der Waals surface area contributed by atoms with E-state index in [0.717, 1.165) is 55.3 Å². The molecule has 0 radical (unpaired) electrons. The average molecular weight is 484 g/mol. The number of nitrogens with one attached hydrogen (secondary N) is 2. The molecule has 4 aromatic rings. The smallest absolute Gasteiger partial charge is 0.0924 e. The van der Waals surface area contributed by atoms with Crippen molar-refractivity contribution in [1.29, 1.82) is 0 Å². The molecule has 0 atom stereocenters. The number of aryl methyl sites for hydroxylation is 1. The maximum atomic E-state index is 9.76. The summed E-state index contributed by atoms with van der Waals surface area (Å²) in [6, 6.07) is 22.6. The van der Waals surface area contributed by atoms with Gasteiger partial charge in [0.15, 0.2) is 0 Å². The van der Waals surface area contributed by atoms with Gasteiger partial charge in [-0.15, -0.1) is 0 Å². The minimum absolute atomic E-state index is 0.141. The molecule has 4 rings (SSSR count). The molecule has 0 fully saturated rings. The van der Waals surface area contributed by atoms with Crippen LogP contribution in [0.2, 0.25) is 5.02 Å². The van der Waals surface area contributed by atoms with Crippen LogP contribution in [0.1, 0.15) is 25.1 Å². The van der Waals surface area contributed by atoms with Gasteiger partial charge in [0.05, 0.1) is 17.2 Å². The molecule has 0 saturated carbocycles. The van der Waals surface area contributed by atoms with Crippen LogP contribution >= 0.6 is 11.6 Å². The lowest BCUT2D eigenvalue weighted by Gasteiger charge is -2.25. The van der Waals surface area contributed by atoms with Crippen molar-refractivity contribution in [2.75, 3.05) is 11.9 Å². The van der Waals surface area contributed by atoms with E-state index in [9.17, 15) is 5.11 Å². The Kier molecular flexibility index (Phi) is 6.86. The minimum atomic E-state index is -0.452. The third kappa shape index (κ3) is 5.67. The van der Waals surface area contributed by atoms with E-state index in [1.54, 1.807) is 0 Å². The second-order valence-corrected chi connectivity index (χ2v) is 9.90. The molecular weight excluding hydrogens is 454 g/mol. The highest BCUT2D eigenvalue weighted by Gasteiger charge is 2.22. The first-order chi connectivity index (χ1) is 16.6. The summed E-state index contributed by atoms with van der Waals surface area (Å²) in [6.45, 7) is 14.2. The summed E-state index contributed by atoms with van der Waals surface area (Å²) < 4.78 is 0. The van der Waals surface area contributed by atoms with Gasteiger partial charge < -0.3 is 15.7 Å². The molecule has 4 nitrogen and oxygen atoms in total. The Labute approximate surface area is 212 Å². The summed E-state index contributed by atoms with van der Waals surface area (Å²) in [5, 5.41) is 19.5. The number of hydrogen-bond acceptors (Lipinski definition) is 4. The van der Waals surface area contributed by atoms with Crippen molar-refractivity contribution in [2.45, 2.75) is 20.8 Å². The van der Waals surface area contributed by atoms with Crippen molar-refractivity contribution in [2.24, 2.45) is 5.41 Å². The molecule has 3 aromatic carbocycles. The van der Waals surface area contributed by atoms with Crippen LogP contribution in [0.25, 0.3) is 27.6 Å². The summed E-state index contributed by atoms with van der Waals surface area (Å²) in [5.41, 5.74) is 6.29. The van der Waals surface area contributed by atoms with Crippen LogP contribution in [0.4, 0.5) is 11.4 Å². The van der Waals surface area contributed by atoms with Crippen molar-refractivity contribution in [1.82, 2.24) is 10.3 Å². The summed E-state index contributed by atoms with van der Waals surface area (Å²) in [5.74, 6) is 0.141. The Bertz CT molecular complexity index is 1410. The third-order valence-electron chi connectivity index (χ3n) is 6.20. The first-order valence-electron chi connectivity index (χ1n) is 11.5. The average Bonchev–Trinajstić information content (AvgIpc) is 2.83. The largest absolute Gasteiger partial charge is 0.512 e. The molecule has 178 valence electrons. The van der Waals surface area contributed by atoms with Crippen molar-refractivity contribution >= 4 is 39.4 Å². The summed E-state index contributed by atoms with van der Waals surface area (Å²) in [6.07, 6.45) is 1.88. The number of rotatable bonds is 8. The van der Waals surface area contributed by atoms with Crippen LogP contribution in [0, 0.1) is 12.3 Å². The maximum absolute atomic E-state index is 9.76. The summed E-state index contributed by atoms with van der Waals surface area (Å²) >= 11 is 5.98. The zero-order valence-electron chi connectivity index (χ0n) is 20.3. The van der Waals surface area contributed by atoms with Gasteiger partial charge in [0.25, 0.3) is 0 Å². The Morgan fingerprint density at radius 2 is 1.57 bits per heavy atom. The van der Waals surface area contributed by atoms with Crippen molar-refractivity contribution in [3.05, 3.63) is 108 Å². The fraction of sp³-hybridized carbons (Fsp3) is 0.167. The van der Waals surface area contributed by atoms with Crippen LogP contribution in [0.15, 0.2) is 91.8 Å². The fourth-order valence-corrected chi connectivity index (χ4v) is 3.89. The second-order valence-electron chi connectivity index (χ2n) is 9.46. The van der Waals surface area contributed by atoms with E-state index < -0.39 is 5.41 Å². The SMILES string of the molecule is C=C(NCC(C)(C)C(=C)O)c1ncc(-c2ccc3cc(Nc4ccc(Cl)cc4)ccc3c2)cc1C. The molecule has 5 heteroatoms. The number of nitrogens with zero attached hydrogens (tertiary/aromatic N) is 1. The van der Waals surface area contributed by atoms with Crippen LogP contribution in [0.5, 0.6) is 0 Å². The fourth-order valence-electron chi connectivity index (χ4n) is 3.76. The third-order valence-corrected chi connectivity index (χ3v) is 6.45. The molecule has 0 aliphatic heterocycles. The molecule has 0 amide bonds. The van der Waals surface area contributed by atoms with Gasteiger partial charge in [-0.3, -0.25) is 4.98 Å². The predicted molar refractivity (Wildman–Crippen MR) is 149 cm³/mol. The van der Waals surface area contributed by atoms with E-state index in [-0.39, 0.29) is 5.76 Å². The van der Waals surface area contributed by atoms with Gasteiger partial charge in [-0.05, 0) is 77.4 Å². The first-order valence-corrected chi connectivity index (χ1v) is 11.9. The Hall–Kier alpha value is -3.76. The normalized spacial score (nSPS) is 11.3. The van der Waals surface area contributed by atoms with Gasteiger partial charge in [0, 0.05) is 40.1 Å². The highest BCUT2D eigenvalue weighted by Crippen LogP contribution is 2.29. The van der Waals surface area contributed by atoms with Crippen molar-refractivity contribution in [3.63, 3.8) is 0 Å². The van der Waals surface area contributed by atoms with Gasteiger partial charge in [0.2, 0.25) is 0 Å². The zero-order chi connectivity index (χ0) is 25.2. The number of halogens is 1. The summed E-state index contributed by atoms with van der Waals surface area (Å²) in [7, 11) is 0. The highest BCUT2D eigenvalue weighted by molar-refractivity contribution is 6.30. The Morgan fingerprint density at radius 3 is 2.26 bits per heavy atom. The number of fused-ring (bicyclic) bond motifs is 1. The second kappa shape index (κ2) is 9.85. The standard InChI is InChI=1S/C30H30ClN3O/c1-19-14-25(17-32-29(19)20(2)33-18-30(4,5)21(3)35)23-6-7-24-16-28(11-8-22(24)15-23)34-27-12-9-26(31)10-13-27/h6-17,33-35H,2-3,18H2,1,4-5H3. The molecule has 0 bridgehead atoms. The van der Waals surface area contributed by atoms with Crippen molar-refractivity contribution in [3.8, 4) is 11.1 Å². The molecule has 3 N–H and O–H groups in total. The molecule has 0 saturated heterocycles. The van der Waals surface area contributed by atoms with Crippen LogP contribution in [-0.2, 0) is 0 Å². The number of hydrogen-bond donors (Lipinski definition) is 3.